The van der Waals surface area contributed by atoms with Crippen molar-refractivity contribution in [2.75, 3.05) is 18.5 Å². The maximum Gasteiger partial charge on any atom is 0.229 e. The highest BCUT2D eigenvalue weighted by Crippen LogP contribution is 2.23. The Labute approximate surface area is 101 Å². The molecule has 0 aliphatic carbocycles. The van der Waals surface area contributed by atoms with E-state index < -0.39 is 5.82 Å². The van der Waals surface area contributed by atoms with Crippen LogP contribution in [-0.2, 0) is 9.53 Å². The molecule has 1 N–H and O–H groups in total. The topological polar surface area (TPSA) is 38.3 Å². The van der Waals surface area contributed by atoms with Gasteiger partial charge < -0.3 is 10.1 Å². The largest absolute Gasteiger partial charge is 0.381 e. The Morgan fingerprint density at radius 1 is 1.56 bits per heavy atom. The summed E-state index contributed by atoms with van der Waals surface area (Å²) in [6.45, 7) is 1.01. The number of carbonyl (C=O) groups is 1. The van der Waals surface area contributed by atoms with Gasteiger partial charge in [0.1, 0.15) is 0 Å². The summed E-state index contributed by atoms with van der Waals surface area (Å²) in [5, 5.41) is 2.57. The van der Waals surface area contributed by atoms with Crippen molar-refractivity contribution in [3.63, 3.8) is 0 Å². The van der Waals surface area contributed by atoms with Gasteiger partial charge in [0, 0.05) is 6.61 Å². The molecule has 86 valence electrons. The van der Waals surface area contributed by atoms with E-state index in [1.807, 2.05) is 0 Å². The molecule has 1 aliphatic rings. The average molecular weight is 288 g/mol. The van der Waals surface area contributed by atoms with E-state index >= 15 is 0 Å². The summed E-state index contributed by atoms with van der Waals surface area (Å²) >= 11 is 3.07. The lowest BCUT2D eigenvalue weighted by molar-refractivity contribution is -0.119. The molecular formula is C11H11BrFNO2. The zero-order valence-corrected chi connectivity index (χ0v) is 10.1. The van der Waals surface area contributed by atoms with Crippen molar-refractivity contribution in [1.82, 2.24) is 0 Å². The average Bonchev–Trinajstić information content (AvgIpc) is 2.78. The first-order valence-corrected chi connectivity index (χ1v) is 5.80. The van der Waals surface area contributed by atoms with Crippen LogP contribution in [0.25, 0.3) is 0 Å². The van der Waals surface area contributed by atoms with Crippen LogP contribution in [0.5, 0.6) is 0 Å². The van der Waals surface area contributed by atoms with Gasteiger partial charge in [-0.2, -0.15) is 0 Å². The molecule has 1 atom stereocenters. The van der Waals surface area contributed by atoms with Crippen molar-refractivity contribution in [3.05, 3.63) is 28.5 Å². The van der Waals surface area contributed by atoms with E-state index in [0.717, 1.165) is 0 Å². The summed E-state index contributed by atoms with van der Waals surface area (Å²) < 4.78 is 19.0. The lowest BCUT2D eigenvalue weighted by Crippen LogP contribution is -2.23. The van der Waals surface area contributed by atoms with E-state index in [0.29, 0.717) is 24.1 Å². The van der Waals surface area contributed by atoms with Gasteiger partial charge in [0.25, 0.3) is 0 Å². The number of anilines is 1. The summed E-state index contributed by atoms with van der Waals surface area (Å²) in [5.41, 5.74) is 0.200. The molecule has 1 aromatic carbocycles. The summed E-state index contributed by atoms with van der Waals surface area (Å²) in [5.74, 6) is -0.803. The Hall–Kier alpha value is -0.940. The van der Waals surface area contributed by atoms with E-state index in [1.165, 1.54) is 6.07 Å². The molecule has 0 saturated carbocycles. The van der Waals surface area contributed by atoms with Gasteiger partial charge in [-0.3, -0.25) is 4.79 Å². The van der Waals surface area contributed by atoms with E-state index in [9.17, 15) is 9.18 Å². The minimum atomic E-state index is -0.449. The normalized spacial score (nSPS) is 19.8. The fourth-order valence-corrected chi connectivity index (χ4v) is 1.94. The van der Waals surface area contributed by atoms with Gasteiger partial charge in [0.05, 0.1) is 22.7 Å². The van der Waals surface area contributed by atoms with Crippen molar-refractivity contribution in [2.24, 2.45) is 5.92 Å². The van der Waals surface area contributed by atoms with Crippen LogP contribution in [0.3, 0.4) is 0 Å². The Balaban J connectivity index is 2.08. The van der Waals surface area contributed by atoms with E-state index in [4.69, 9.17) is 4.74 Å². The lowest BCUT2D eigenvalue weighted by atomic mass is 10.1. The second-order valence-corrected chi connectivity index (χ2v) is 4.51. The van der Waals surface area contributed by atoms with Crippen LogP contribution in [0, 0.1) is 11.7 Å². The molecule has 1 unspecified atom stereocenters. The Morgan fingerprint density at radius 3 is 3.06 bits per heavy atom. The minimum absolute atomic E-state index is 0.168. The third-order valence-electron chi connectivity index (χ3n) is 2.51. The summed E-state index contributed by atoms with van der Waals surface area (Å²) in [6.07, 6.45) is 0.696. The van der Waals surface area contributed by atoms with Gasteiger partial charge in [-0.05, 0) is 34.5 Å². The number of ether oxygens (including phenoxy) is 1. The molecule has 16 heavy (non-hydrogen) atoms. The smallest absolute Gasteiger partial charge is 0.229 e. The van der Waals surface area contributed by atoms with Crippen molar-refractivity contribution in [1.29, 1.82) is 0 Å². The van der Waals surface area contributed by atoms with E-state index in [-0.39, 0.29) is 17.5 Å². The standard InChI is InChI=1S/C11H11BrFNO2/c12-8-2-1-3-9(10(8)13)14-11(15)7-4-5-16-6-7/h1-3,7H,4-6H2,(H,14,15). The van der Waals surface area contributed by atoms with Crippen molar-refractivity contribution >= 4 is 27.5 Å². The molecule has 1 fully saturated rings. The molecule has 1 heterocycles. The molecule has 0 bridgehead atoms. The first-order chi connectivity index (χ1) is 7.68. The van der Waals surface area contributed by atoms with Gasteiger partial charge in [0.2, 0.25) is 5.91 Å². The molecule has 1 aliphatic heterocycles. The van der Waals surface area contributed by atoms with Gasteiger partial charge in [-0.25, -0.2) is 4.39 Å². The van der Waals surface area contributed by atoms with Gasteiger partial charge in [0.15, 0.2) is 5.82 Å². The minimum Gasteiger partial charge on any atom is -0.381 e. The molecule has 2 rings (SSSR count). The quantitative estimate of drug-likeness (QED) is 0.908. The second kappa shape index (κ2) is 4.93. The zero-order valence-electron chi connectivity index (χ0n) is 8.50. The molecule has 0 aromatic heterocycles. The molecule has 0 radical (unpaired) electrons. The maximum atomic E-state index is 13.6. The first-order valence-electron chi connectivity index (χ1n) is 5.01. The lowest BCUT2D eigenvalue weighted by Gasteiger charge is -2.10. The third-order valence-corrected chi connectivity index (χ3v) is 3.12. The predicted octanol–water partition coefficient (Wildman–Crippen LogP) is 2.56. The fraction of sp³-hybridized carbons (Fsp3) is 0.364. The first kappa shape index (κ1) is 11.5. The maximum absolute atomic E-state index is 13.6. The number of nitrogens with one attached hydrogen (secondary N) is 1. The molecule has 0 spiro atoms. The van der Waals surface area contributed by atoms with E-state index in [2.05, 4.69) is 21.2 Å². The molecule has 1 saturated heterocycles. The number of rotatable bonds is 2. The highest BCUT2D eigenvalue weighted by Gasteiger charge is 2.24. The molecular weight excluding hydrogens is 277 g/mol. The van der Waals surface area contributed by atoms with Crippen LogP contribution in [0.4, 0.5) is 10.1 Å². The number of halogens is 2. The summed E-state index contributed by atoms with van der Waals surface area (Å²) in [7, 11) is 0. The number of benzene rings is 1. The Kier molecular flexibility index (Phi) is 3.56. The predicted molar refractivity (Wildman–Crippen MR) is 61.7 cm³/mol. The highest BCUT2D eigenvalue weighted by atomic mass is 79.9. The fourth-order valence-electron chi connectivity index (χ4n) is 1.58. The SMILES string of the molecule is O=C(Nc1cccc(Br)c1F)C1CCOC1. The molecule has 1 amide bonds. The Bertz CT molecular complexity index is 405. The van der Waals surface area contributed by atoms with Gasteiger partial charge >= 0.3 is 0 Å². The summed E-state index contributed by atoms with van der Waals surface area (Å²) in [4.78, 5) is 11.7. The molecule has 1 aromatic rings. The number of hydrogen-bond acceptors (Lipinski definition) is 2. The van der Waals surface area contributed by atoms with Crippen LogP contribution in [0.1, 0.15) is 6.42 Å². The van der Waals surface area contributed by atoms with Gasteiger partial charge in [-0.15, -0.1) is 0 Å². The second-order valence-electron chi connectivity index (χ2n) is 3.65. The van der Waals surface area contributed by atoms with Crippen molar-refractivity contribution < 1.29 is 13.9 Å². The summed E-state index contributed by atoms with van der Waals surface area (Å²) in [6, 6.07) is 4.80. The zero-order chi connectivity index (χ0) is 11.5. The van der Waals surface area contributed by atoms with E-state index in [1.54, 1.807) is 12.1 Å². The Morgan fingerprint density at radius 2 is 2.38 bits per heavy atom. The van der Waals surface area contributed by atoms with Crippen LogP contribution >= 0.6 is 15.9 Å². The monoisotopic (exact) mass is 287 g/mol. The van der Waals surface area contributed by atoms with Crippen LogP contribution in [-0.4, -0.2) is 19.1 Å². The number of amides is 1. The molecule has 5 heteroatoms. The van der Waals surface area contributed by atoms with Gasteiger partial charge in [-0.1, -0.05) is 6.07 Å². The number of carbonyl (C=O) groups excluding carboxylic acids is 1. The van der Waals surface area contributed by atoms with Crippen LogP contribution in [0.15, 0.2) is 22.7 Å². The van der Waals surface area contributed by atoms with Crippen LogP contribution in [0.2, 0.25) is 0 Å². The van der Waals surface area contributed by atoms with Crippen molar-refractivity contribution in [3.8, 4) is 0 Å². The molecule has 3 nitrogen and oxygen atoms in total. The van der Waals surface area contributed by atoms with Crippen LogP contribution < -0.4 is 5.32 Å². The third kappa shape index (κ3) is 2.41. The number of hydrogen-bond donors (Lipinski definition) is 1. The highest BCUT2D eigenvalue weighted by molar-refractivity contribution is 9.10. The van der Waals surface area contributed by atoms with Crippen molar-refractivity contribution in [2.45, 2.75) is 6.42 Å².